The van der Waals surface area contributed by atoms with Crippen molar-refractivity contribution in [2.75, 3.05) is 16.8 Å². The quantitative estimate of drug-likeness (QED) is 0.839. The Morgan fingerprint density at radius 2 is 1.96 bits per heavy atom. The lowest BCUT2D eigenvalue weighted by Gasteiger charge is -2.18. The van der Waals surface area contributed by atoms with E-state index in [-0.39, 0.29) is 36.1 Å². The van der Waals surface area contributed by atoms with Gasteiger partial charge >= 0.3 is 0 Å². The summed E-state index contributed by atoms with van der Waals surface area (Å²) in [4.78, 5) is 37.2. The topological polar surface area (TPSA) is 78.5 Å². The summed E-state index contributed by atoms with van der Waals surface area (Å²) in [5.41, 5.74) is 1.42. The van der Waals surface area contributed by atoms with Crippen LogP contribution in [0.5, 0.6) is 0 Å². The van der Waals surface area contributed by atoms with Crippen LogP contribution in [0.3, 0.4) is 0 Å². The minimum atomic E-state index is -0.313. The summed E-state index contributed by atoms with van der Waals surface area (Å²) in [7, 11) is 0. The minimum absolute atomic E-state index is 0.0504. The molecule has 1 aromatic carbocycles. The molecule has 0 radical (unpaired) electrons. The van der Waals surface area contributed by atoms with Gasteiger partial charge in [-0.1, -0.05) is 13.3 Å². The van der Waals surface area contributed by atoms with Crippen molar-refractivity contribution in [2.45, 2.75) is 46.1 Å². The van der Waals surface area contributed by atoms with Crippen molar-refractivity contribution in [2.24, 2.45) is 5.92 Å². The van der Waals surface area contributed by atoms with Gasteiger partial charge in [0, 0.05) is 37.3 Å². The average molecular weight is 331 g/mol. The molecule has 0 aromatic heterocycles. The molecule has 2 atom stereocenters. The smallest absolute Gasteiger partial charge is 0.227 e. The largest absolute Gasteiger partial charge is 0.353 e. The molecule has 1 aliphatic rings. The fourth-order valence-corrected chi connectivity index (χ4v) is 2.93. The van der Waals surface area contributed by atoms with E-state index in [0.29, 0.717) is 12.2 Å². The summed E-state index contributed by atoms with van der Waals surface area (Å²) in [5, 5.41) is 5.67. The Morgan fingerprint density at radius 1 is 1.29 bits per heavy atom. The lowest BCUT2D eigenvalue weighted by Crippen LogP contribution is -2.38. The van der Waals surface area contributed by atoms with E-state index in [0.717, 1.165) is 18.5 Å². The first-order valence-electron chi connectivity index (χ1n) is 8.39. The van der Waals surface area contributed by atoms with Crippen molar-refractivity contribution in [3.8, 4) is 0 Å². The van der Waals surface area contributed by atoms with Crippen LogP contribution in [-0.4, -0.2) is 30.3 Å². The fraction of sp³-hybridized carbons (Fsp3) is 0.500. The van der Waals surface area contributed by atoms with Gasteiger partial charge in [-0.05, 0) is 37.6 Å². The van der Waals surface area contributed by atoms with Gasteiger partial charge in [0.25, 0.3) is 0 Å². The highest BCUT2D eigenvalue weighted by Gasteiger charge is 2.35. The predicted molar refractivity (Wildman–Crippen MR) is 93.7 cm³/mol. The van der Waals surface area contributed by atoms with Crippen molar-refractivity contribution in [1.82, 2.24) is 5.32 Å². The molecule has 2 rings (SSSR count). The van der Waals surface area contributed by atoms with Gasteiger partial charge in [0.2, 0.25) is 17.7 Å². The number of benzene rings is 1. The molecule has 3 amide bonds. The summed E-state index contributed by atoms with van der Waals surface area (Å²) in [5.74, 6) is -0.558. The van der Waals surface area contributed by atoms with E-state index in [2.05, 4.69) is 17.6 Å². The van der Waals surface area contributed by atoms with E-state index in [9.17, 15) is 14.4 Å². The van der Waals surface area contributed by atoms with Gasteiger partial charge in [0.15, 0.2) is 0 Å². The summed E-state index contributed by atoms with van der Waals surface area (Å²) in [6.07, 6.45) is 2.18. The van der Waals surface area contributed by atoms with Crippen LogP contribution in [0.1, 0.15) is 40.0 Å². The lowest BCUT2D eigenvalue weighted by atomic mass is 10.1. The number of nitrogens with zero attached hydrogens (tertiary/aromatic N) is 1. The van der Waals surface area contributed by atoms with E-state index >= 15 is 0 Å². The molecule has 6 heteroatoms. The molecule has 1 fully saturated rings. The highest BCUT2D eigenvalue weighted by Crippen LogP contribution is 2.26. The molecule has 2 N–H and O–H groups in total. The summed E-state index contributed by atoms with van der Waals surface area (Å²) >= 11 is 0. The first kappa shape index (κ1) is 18.0. The lowest BCUT2D eigenvalue weighted by molar-refractivity contribution is -0.126. The van der Waals surface area contributed by atoms with E-state index in [1.165, 1.54) is 6.92 Å². The van der Waals surface area contributed by atoms with Gasteiger partial charge < -0.3 is 15.5 Å². The second-order valence-electron chi connectivity index (χ2n) is 6.33. The molecule has 0 aliphatic carbocycles. The second kappa shape index (κ2) is 7.95. The normalized spacial score (nSPS) is 18.4. The van der Waals surface area contributed by atoms with Crippen LogP contribution in [0.4, 0.5) is 11.4 Å². The number of amides is 3. The molecular weight excluding hydrogens is 306 g/mol. The standard InChI is InChI=1S/C18H25N3O3/c1-4-5-12(2)19-18(24)14-10-17(23)21(11-14)16-8-6-15(7-9-16)20-13(3)22/h6-9,12,14H,4-5,10-11H2,1-3H3,(H,19,24)(H,20,22)/t12-,14+/m0/s1. The SMILES string of the molecule is CCC[C@H](C)NC(=O)[C@@H]1CC(=O)N(c2ccc(NC(C)=O)cc2)C1. The second-order valence-corrected chi connectivity index (χ2v) is 6.33. The molecule has 0 saturated carbocycles. The first-order valence-corrected chi connectivity index (χ1v) is 8.39. The number of nitrogens with one attached hydrogen (secondary N) is 2. The Bertz CT molecular complexity index is 612. The van der Waals surface area contributed by atoms with Crippen molar-refractivity contribution in [3.05, 3.63) is 24.3 Å². The van der Waals surface area contributed by atoms with Crippen molar-refractivity contribution < 1.29 is 14.4 Å². The van der Waals surface area contributed by atoms with Crippen LogP contribution >= 0.6 is 0 Å². The van der Waals surface area contributed by atoms with E-state index < -0.39 is 0 Å². The number of hydrogen-bond acceptors (Lipinski definition) is 3. The molecular formula is C18H25N3O3. The van der Waals surface area contributed by atoms with Crippen molar-refractivity contribution in [1.29, 1.82) is 0 Å². The summed E-state index contributed by atoms with van der Waals surface area (Å²) < 4.78 is 0. The molecule has 0 spiro atoms. The van der Waals surface area contributed by atoms with Crippen molar-refractivity contribution in [3.63, 3.8) is 0 Å². The summed E-state index contributed by atoms with van der Waals surface area (Å²) in [6, 6.07) is 7.19. The molecule has 1 aliphatic heterocycles. The Morgan fingerprint density at radius 3 is 2.54 bits per heavy atom. The van der Waals surface area contributed by atoms with Gasteiger partial charge in [0.05, 0.1) is 5.92 Å². The van der Waals surface area contributed by atoms with Gasteiger partial charge in [-0.3, -0.25) is 14.4 Å². The summed E-state index contributed by atoms with van der Waals surface area (Å²) in [6.45, 7) is 5.90. The Balaban J connectivity index is 1.99. The van der Waals surface area contributed by atoms with Crippen LogP contribution in [0.15, 0.2) is 24.3 Å². The number of carbonyl (C=O) groups excluding carboxylic acids is 3. The maximum absolute atomic E-state index is 12.3. The third kappa shape index (κ3) is 4.57. The molecule has 1 aromatic rings. The number of carbonyl (C=O) groups is 3. The zero-order valence-electron chi connectivity index (χ0n) is 14.5. The Hall–Kier alpha value is -2.37. The third-order valence-electron chi connectivity index (χ3n) is 4.11. The van der Waals surface area contributed by atoms with E-state index in [4.69, 9.17) is 0 Å². The highest BCUT2D eigenvalue weighted by atomic mass is 16.2. The molecule has 6 nitrogen and oxygen atoms in total. The number of anilines is 2. The molecule has 0 bridgehead atoms. The van der Waals surface area contributed by atoms with E-state index in [1.54, 1.807) is 29.2 Å². The van der Waals surface area contributed by atoms with Gasteiger partial charge in [-0.2, -0.15) is 0 Å². The molecule has 1 saturated heterocycles. The fourth-order valence-electron chi connectivity index (χ4n) is 2.93. The average Bonchev–Trinajstić information content (AvgIpc) is 2.90. The zero-order valence-corrected chi connectivity index (χ0v) is 14.5. The molecule has 0 unspecified atom stereocenters. The van der Waals surface area contributed by atoms with Crippen LogP contribution in [0.2, 0.25) is 0 Å². The Labute approximate surface area is 142 Å². The Kier molecular flexibility index (Phi) is 5.95. The van der Waals surface area contributed by atoms with Crippen LogP contribution in [0, 0.1) is 5.92 Å². The van der Waals surface area contributed by atoms with Gasteiger partial charge in [-0.25, -0.2) is 0 Å². The van der Waals surface area contributed by atoms with E-state index in [1.807, 2.05) is 6.92 Å². The predicted octanol–water partition coefficient (Wildman–Crippen LogP) is 2.30. The highest BCUT2D eigenvalue weighted by molar-refractivity contribution is 6.00. The number of hydrogen-bond donors (Lipinski definition) is 2. The maximum Gasteiger partial charge on any atom is 0.227 e. The maximum atomic E-state index is 12.3. The zero-order chi connectivity index (χ0) is 17.7. The van der Waals surface area contributed by atoms with Crippen LogP contribution in [0.25, 0.3) is 0 Å². The van der Waals surface area contributed by atoms with Crippen LogP contribution in [-0.2, 0) is 14.4 Å². The monoisotopic (exact) mass is 331 g/mol. The molecule has 1 heterocycles. The molecule has 130 valence electrons. The van der Waals surface area contributed by atoms with Crippen molar-refractivity contribution >= 4 is 29.1 Å². The van der Waals surface area contributed by atoms with Gasteiger partial charge in [0.1, 0.15) is 0 Å². The first-order chi connectivity index (χ1) is 11.4. The number of rotatable bonds is 6. The third-order valence-corrected chi connectivity index (χ3v) is 4.11. The van der Waals surface area contributed by atoms with Crippen LogP contribution < -0.4 is 15.5 Å². The minimum Gasteiger partial charge on any atom is -0.353 e. The molecule has 24 heavy (non-hydrogen) atoms. The van der Waals surface area contributed by atoms with Gasteiger partial charge in [-0.15, -0.1) is 0 Å².